The highest BCUT2D eigenvalue weighted by atomic mass is 35.5. The van der Waals surface area contributed by atoms with Gasteiger partial charge in [-0.05, 0) is 35.9 Å². The van der Waals surface area contributed by atoms with E-state index in [1.807, 2.05) is 12.1 Å². The standard InChI is InChI=1S/C20H20ClN3O5S/c1-22-17-8-7-16(9-18(17)23(2)20(26)19(22)25)30(27,28)24-10-15(11-24)29-12-13-3-5-14(21)6-4-13/h3-9,15H,10-12H2,1-2H3. The maximum atomic E-state index is 13.0. The molecule has 0 aliphatic carbocycles. The lowest BCUT2D eigenvalue weighted by Gasteiger charge is -2.37. The second-order valence-electron chi connectivity index (χ2n) is 7.26. The fraction of sp³-hybridized carbons (Fsp3) is 0.300. The minimum Gasteiger partial charge on any atom is -0.371 e. The van der Waals surface area contributed by atoms with Crippen molar-refractivity contribution in [1.82, 2.24) is 13.4 Å². The van der Waals surface area contributed by atoms with Crippen molar-refractivity contribution in [1.29, 1.82) is 0 Å². The molecule has 1 fully saturated rings. The Hall–Kier alpha value is -2.46. The van der Waals surface area contributed by atoms with Crippen LogP contribution >= 0.6 is 11.6 Å². The molecule has 0 amide bonds. The molecule has 1 aromatic heterocycles. The summed E-state index contributed by atoms with van der Waals surface area (Å²) in [4.78, 5) is 24.1. The Kier molecular flexibility index (Phi) is 5.31. The molecule has 0 bridgehead atoms. The third kappa shape index (κ3) is 3.58. The summed E-state index contributed by atoms with van der Waals surface area (Å²) in [6.07, 6.45) is -0.193. The zero-order valence-electron chi connectivity index (χ0n) is 16.4. The predicted molar refractivity (Wildman–Crippen MR) is 113 cm³/mol. The Morgan fingerprint density at radius 3 is 2.20 bits per heavy atom. The molecule has 0 atom stereocenters. The van der Waals surface area contributed by atoms with Crippen LogP contribution in [0.5, 0.6) is 0 Å². The van der Waals surface area contributed by atoms with Crippen molar-refractivity contribution in [2.24, 2.45) is 14.1 Å². The molecular weight excluding hydrogens is 430 g/mol. The summed E-state index contributed by atoms with van der Waals surface area (Å²) in [6, 6.07) is 11.7. The van der Waals surface area contributed by atoms with Gasteiger partial charge in [-0.2, -0.15) is 4.31 Å². The normalized spacial score (nSPS) is 15.4. The van der Waals surface area contributed by atoms with E-state index in [0.29, 0.717) is 22.7 Å². The lowest BCUT2D eigenvalue weighted by atomic mass is 10.2. The molecule has 1 aliphatic rings. The fourth-order valence-corrected chi connectivity index (χ4v) is 5.02. The molecule has 0 N–H and O–H groups in total. The van der Waals surface area contributed by atoms with Gasteiger partial charge in [0, 0.05) is 32.2 Å². The molecule has 4 rings (SSSR count). The van der Waals surface area contributed by atoms with Crippen LogP contribution in [0.15, 0.2) is 56.9 Å². The van der Waals surface area contributed by atoms with Gasteiger partial charge in [0.2, 0.25) is 10.0 Å². The van der Waals surface area contributed by atoms with Gasteiger partial charge in [0.05, 0.1) is 28.6 Å². The molecule has 0 radical (unpaired) electrons. The Morgan fingerprint density at radius 2 is 1.57 bits per heavy atom. The van der Waals surface area contributed by atoms with Crippen LogP contribution in [0, 0.1) is 0 Å². The number of halogens is 1. The SMILES string of the molecule is Cn1c(=O)c(=O)n(C)c2cc(S(=O)(=O)N3CC(OCc4ccc(Cl)cc4)C3)ccc21. The second kappa shape index (κ2) is 7.66. The summed E-state index contributed by atoms with van der Waals surface area (Å²) in [5.74, 6) is 0. The number of hydrogen-bond acceptors (Lipinski definition) is 5. The van der Waals surface area contributed by atoms with Gasteiger partial charge in [0.1, 0.15) is 0 Å². The van der Waals surface area contributed by atoms with E-state index in [1.54, 1.807) is 12.1 Å². The van der Waals surface area contributed by atoms with Crippen molar-refractivity contribution in [3.05, 3.63) is 73.8 Å². The first-order chi connectivity index (χ1) is 14.2. The Labute approximate surface area is 177 Å². The van der Waals surface area contributed by atoms with Gasteiger partial charge in [-0.3, -0.25) is 9.59 Å². The van der Waals surface area contributed by atoms with E-state index >= 15 is 0 Å². The first-order valence-electron chi connectivity index (χ1n) is 9.24. The van der Waals surface area contributed by atoms with E-state index in [2.05, 4.69) is 0 Å². The van der Waals surface area contributed by atoms with Crippen LogP contribution in [0.25, 0.3) is 11.0 Å². The average Bonchev–Trinajstić information content (AvgIpc) is 2.70. The number of aryl methyl sites for hydroxylation is 2. The smallest absolute Gasteiger partial charge is 0.316 e. The molecule has 1 aliphatic heterocycles. The van der Waals surface area contributed by atoms with Crippen LogP contribution in [0.1, 0.15) is 5.56 Å². The molecule has 0 unspecified atom stereocenters. The van der Waals surface area contributed by atoms with E-state index in [0.717, 1.165) is 5.56 Å². The van der Waals surface area contributed by atoms with Crippen molar-refractivity contribution < 1.29 is 13.2 Å². The van der Waals surface area contributed by atoms with Gasteiger partial charge in [-0.15, -0.1) is 0 Å². The largest absolute Gasteiger partial charge is 0.371 e. The number of hydrogen-bond donors (Lipinski definition) is 0. The fourth-order valence-electron chi connectivity index (χ4n) is 3.37. The number of aromatic nitrogens is 2. The van der Waals surface area contributed by atoms with Gasteiger partial charge >= 0.3 is 11.1 Å². The number of nitrogens with zero attached hydrogens (tertiary/aromatic N) is 3. The van der Waals surface area contributed by atoms with Crippen molar-refractivity contribution in [3.63, 3.8) is 0 Å². The highest BCUT2D eigenvalue weighted by Crippen LogP contribution is 2.26. The van der Waals surface area contributed by atoms with E-state index < -0.39 is 21.1 Å². The number of benzene rings is 2. The minimum atomic E-state index is -3.73. The first kappa shape index (κ1) is 20.8. The van der Waals surface area contributed by atoms with Crippen LogP contribution in [-0.4, -0.2) is 41.1 Å². The zero-order chi connectivity index (χ0) is 21.6. The van der Waals surface area contributed by atoms with Crippen molar-refractivity contribution in [3.8, 4) is 0 Å². The highest BCUT2D eigenvalue weighted by Gasteiger charge is 2.37. The van der Waals surface area contributed by atoms with E-state index in [9.17, 15) is 18.0 Å². The molecule has 3 aromatic rings. The van der Waals surface area contributed by atoms with Gasteiger partial charge in [-0.1, -0.05) is 23.7 Å². The maximum absolute atomic E-state index is 13.0. The summed E-state index contributed by atoms with van der Waals surface area (Å²) in [6.45, 7) is 0.877. The maximum Gasteiger partial charge on any atom is 0.316 e. The molecule has 2 heterocycles. The number of fused-ring (bicyclic) bond motifs is 1. The summed E-state index contributed by atoms with van der Waals surface area (Å²) in [5, 5.41) is 0.646. The Bertz CT molecular complexity index is 1340. The van der Waals surface area contributed by atoms with Crippen LogP contribution in [-0.2, 0) is 35.5 Å². The molecule has 10 heteroatoms. The third-order valence-corrected chi connectivity index (χ3v) is 7.39. The average molecular weight is 450 g/mol. The first-order valence-corrected chi connectivity index (χ1v) is 11.1. The quantitative estimate of drug-likeness (QED) is 0.550. The minimum absolute atomic E-state index is 0.0693. The molecular formula is C20H20ClN3O5S. The molecule has 2 aromatic carbocycles. The summed E-state index contributed by atoms with van der Waals surface area (Å²) in [5.41, 5.74) is 0.443. The third-order valence-electron chi connectivity index (χ3n) is 5.31. The van der Waals surface area contributed by atoms with E-state index in [-0.39, 0.29) is 24.1 Å². The summed E-state index contributed by atoms with van der Waals surface area (Å²) < 4.78 is 35.4. The molecule has 0 saturated carbocycles. The van der Waals surface area contributed by atoms with Crippen molar-refractivity contribution in [2.45, 2.75) is 17.6 Å². The van der Waals surface area contributed by atoms with Crippen LogP contribution in [0.3, 0.4) is 0 Å². The predicted octanol–water partition coefficient (Wildman–Crippen LogP) is 1.48. The number of sulfonamides is 1. The van der Waals surface area contributed by atoms with E-state index in [1.165, 1.54) is 45.7 Å². The topological polar surface area (TPSA) is 90.6 Å². The summed E-state index contributed by atoms with van der Waals surface area (Å²) >= 11 is 5.86. The Balaban J connectivity index is 1.50. The lowest BCUT2D eigenvalue weighted by Crippen LogP contribution is -2.54. The van der Waals surface area contributed by atoms with Crippen LogP contribution in [0.2, 0.25) is 5.02 Å². The molecule has 30 heavy (non-hydrogen) atoms. The Morgan fingerprint density at radius 1 is 0.967 bits per heavy atom. The van der Waals surface area contributed by atoms with E-state index in [4.69, 9.17) is 16.3 Å². The molecule has 8 nitrogen and oxygen atoms in total. The lowest BCUT2D eigenvalue weighted by molar-refractivity contribution is -0.0295. The highest BCUT2D eigenvalue weighted by molar-refractivity contribution is 7.89. The summed E-state index contributed by atoms with van der Waals surface area (Å²) in [7, 11) is -0.799. The van der Waals surface area contributed by atoms with Gasteiger partial charge in [-0.25, -0.2) is 8.42 Å². The molecule has 1 saturated heterocycles. The van der Waals surface area contributed by atoms with Crippen molar-refractivity contribution >= 4 is 32.7 Å². The van der Waals surface area contributed by atoms with Crippen molar-refractivity contribution in [2.75, 3.05) is 13.1 Å². The van der Waals surface area contributed by atoms with Gasteiger partial charge in [0.25, 0.3) is 0 Å². The molecule has 0 spiro atoms. The number of ether oxygens (including phenoxy) is 1. The van der Waals surface area contributed by atoms with Crippen LogP contribution < -0.4 is 11.1 Å². The zero-order valence-corrected chi connectivity index (χ0v) is 18.0. The van der Waals surface area contributed by atoms with Gasteiger partial charge in [0.15, 0.2) is 0 Å². The second-order valence-corrected chi connectivity index (χ2v) is 9.63. The van der Waals surface area contributed by atoms with Crippen LogP contribution in [0.4, 0.5) is 0 Å². The molecule has 158 valence electrons. The monoisotopic (exact) mass is 449 g/mol. The number of rotatable bonds is 5. The van der Waals surface area contributed by atoms with Gasteiger partial charge < -0.3 is 13.9 Å².